The number of allylic oxidation sites excluding steroid dienone is 1. The first-order chi connectivity index (χ1) is 21.9. The number of alkyl halides is 1. The number of aliphatic hydroxyl groups excluding tert-OH is 1. The van der Waals surface area contributed by atoms with Crippen LogP contribution in [0.15, 0.2) is 43.5 Å². The van der Waals surface area contributed by atoms with Crippen LogP contribution in [-0.2, 0) is 28.7 Å². The van der Waals surface area contributed by atoms with Crippen molar-refractivity contribution in [3.8, 4) is 0 Å². The van der Waals surface area contributed by atoms with Crippen molar-refractivity contribution in [2.24, 2.45) is 17.8 Å². The van der Waals surface area contributed by atoms with Gasteiger partial charge in [-0.25, -0.2) is 0 Å². The number of carbonyl (C=O) groups is 4. The molecule has 0 radical (unpaired) electrons. The van der Waals surface area contributed by atoms with Gasteiger partial charge in [-0.15, -0.1) is 13.2 Å². The molecule has 9 atom stereocenters. The number of likely N-dealkylation sites (tertiary alicyclic amines) is 1. The number of halogens is 2. The number of aliphatic hydroxyl groups is 1. The molecule has 3 aliphatic rings. The number of anilines is 1. The quantitative estimate of drug-likeness (QED) is 0.157. The number of nitrogens with one attached hydrogen (secondary N) is 1. The molecule has 1 unspecified atom stereocenters. The molecule has 3 fully saturated rings. The molecule has 0 aromatic heterocycles. The van der Waals surface area contributed by atoms with Crippen molar-refractivity contribution in [3.63, 3.8) is 0 Å². The predicted molar refractivity (Wildman–Crippen MR) is 180 cm³/mol. The number of esters is 1. The molecule has 3 aliphatic heterocycles. The Kier molecular flexibility index (Phi) is 11.8. The van der Waals surface area contributed by atoms with Crippen molar-refractivity contribution in [1.82, 2.24) is 10.2 Å². The summed E-state index contributed by atoms with van der Waals surface area (Å²) in [5, 5.41) is 13.8. The molecule has 3 saturated heterocycles. The van der Waals surface area contributed by atoms with Crippen LogP contribution in [0.2, 0.25) is 5.02 Å². The maximum atomic E-state index is 14.9. The molecule has 10 nitrogen and oxygen atoms in total. The Morgan fingerprint density at radius 3 is 2.63 bits per heavy atom. The van der Waals surface area contributed by atoms with E-state index < -0.39 is 59.5 Å². The van der Waals surface area contributed by atoms with E-state index in [9.17, 15) is 24.3 Å². The minimum atomic E-state index is -1.37. The molecule has 252 valence electrons. The molecule has 1 spiro atoms. The van der Waals surface area contributed by atoms with Crippen LogP contribution in [0.3, 0.4) is 0 Å². The molecule has 0 aliphatic carbocycles. The molecular weight excluding hydrogens is 678 g/mol. The first kappa shape index (κ1) is 36.1. The van der Waals surface area contributed by atoms with E-state index in [1.165, 1.54) is 9.80 Å². The monoisotopic (exact) mass is 721 g/mol. The zero-order valence-corrected chi connectivity index (χ0v) is 29.3. The largest absolute Gasteiger partial charge is 0.460 e. The van der Waals surface area contributed by atoms with Crippen molar-refractivity contribution in [3.05, 3.63) is 54.1 Å². The number of aryl methyl sites for hydroxylation is 1. The van der Waals surface area contributed by atoms with Gasteiger partial charge in [-0.1, -0.05) is 72.1 Å². The standard InChI is InChI=1S/C34H45BrClN3O7/c1-7-10-14-25(41)37-17-21(6)45-33(44)26-27-31(42)39(24(18-40)19(4)9-3)30(34(27)16-22(35)29(26)46-34)32(43)38(15-8-2)28-20(5)12-11-13-23(28)36/h7-8,11-13,19,21-22,24,26-27,29-30,40H,1-2,9-10,14-18H2,3-6H3,(H,37,41)/t19-,21-,22?,24-,26+,27-,29+,30+,34-/m0/s1. The van der Waals surface area contributed by atoms with Crippen LogP contribution in [0.1, 0.15) is 52.0 Å². The van der Waals surface area contributed by atoms with E-state index in [0.29, 0.717) is 30.0 Å². The molecule has 2 bridgehead atoms. The van der Waals surface area contributed by atoms with Crippen molar-refractivity contribution in [1.29, 1.82) is 0 Å². The van der Waals surface area contributed by atoms with Crippen molar-refractivity contribution in [2.75, 3.05) is 24.6 Å². The van der Waals surface area contributed by atoms with Crippen LogP contribution in [0.25, 0.3) is 0 Å². The molecule has 46 heavy (non-hydrogen) atoms. The van der Waals surface area contributed by atoms with E-state index in [4.69, 9.17) is 21.1 Å². The topological polar surface area (TPSA) is 125 Å². The average molecular weight is 723 g/mol. The first-order valence-corrected chi connectivity index (χ1v) is 17.2. The Bertz CT molecular complexity index is 1340. The minimum absolute atomic E-state index is 0.100. The van der Waals surface area contributed by atoms with Gasteiger partial charge in [0.15, 0.2) is 0 Å². The lowest BCUT2D eigenvalue weighted by molar-refractivity contribution is -0.160. The number of hydrogen-bond acceptors (Lipinski definition) is 7. The summed E-state index contributed by atoms with van der Waals surface area (Å²) < 4.78 is 12.4. The third-order valence-electron chi connectivity index (χ3n) is 9.59. The summed E-state index contributed by atoms with van der Waals surface area (Å²) >= 11 is 10.3. The lowest BCUT2D eigenvalue weighted by atomic mass is 9.70. The van der Waals surface area contributed by atoms with Gasteiger partial charge >= 0.3 is 5.97 Å². The van der Waals surface area contributed by atoms with Gasteiger partial charge in [-0.05, 0) is 44.2 Å². The number of nitrogens with zero attached hydrogens (tertiary/aromatic N) is 2. The van der Waals surface area contributed by atoms with Crippen molar-refractivity contribution < 1.29 is 33.8 Å². The van der Waals surface area contributed by atoms with Crippen LogP contribution >= 0.6 is 27.5 Å². The molecule has 2 N–H and O–H groups in total. The van der Waals surface area contributed by atoms with E-state index in [0.717, 1.165) is 5.56 Å². The molecular formula is C34H45BrClN3O7. The van der Waals surface area contributed by atoms with Crippen LogP contribution in [0, 0.1) is 24.7 Å². The second-order valence-corrected chi connectivity index (χ2v) is 14.1. The highest BCUT2D eigenvalue weighted by Crippen LogP contribution is 2.61. The van der Waals surface area contributed by atoms with Crippen LogP contribution in [0.4, 0.5) is 5.69 Å². The maximum Gasteiger partial charge on any atom is 0.312 e. The normalized spacial score (nSPS) is 28.3. The number of carbonyl (C=O) groups excluding carboxylic acids is 4. The van der Waals surface area contributed by atoms with Gasteiger partial charge in [-0.3, -0.25) is 19.2 Å². The Balaban J connectivity index is 1.74. The third-order valence-corrected chi connectivity index (χ3v) is 10.7. The van der Waals surface area contributed by atoms with Crippen LogP contribution in [0.5, 0.6) is 0 Å². The second kappa shape index (κ2) is 15.0. The summed E-state index contributed by atoms with van der Waals surface area (Å²) in [6.07, 6.45) is 3.58. The second-order valence-electron chi connectivity index (χ2n) is 12.6. The number of para-hydroxylation sites is 1. The summed E-state index contributed by atoms with van der Waals surface area (Å²) in [5.74, 6) is -3.87. The molecule has 4 rings (SSSR count). The average Bonchev–Trinajstić information content (AvgIpc) is 3.61. The zero-order valence-electron chi connectivity index (χ0n) is 26.9. The number of rotatable bonds is 15. The van der Waals surface area contributed by atoms with Crippen LogP contribution < -0.4 is 10.2 Å². The van der Waals surface area contributed by atoms with Gasteiger partial charge in [0, 0.05) is 17.8 Å². The van der Waals surface area contributed by atoms with Gasteiger partial charge in [0.25, 0.3) is 5.91 Å². The smallest absolute Gasteiger partial charge is 0.312 e. The lowest BCUT2D eigenvalue weighted by Gasteiger charge is -2.41. The SMILES string of the molecule is C=CCCC(=O)NC[C@H](C)OC(=O)[C@H]1[C@@H]2O[C@@]3(CC2Br)[C@@H]1C(=O)N([C@@H](CO)[C@@H](C)CC)[C@@H]3C(=O)N(CC=C)c1c(C)cccc1Cl. The highest BCUT2D eigenvalue weighted by atomic mass is 79.9. The Labute approximate surface area is 284 Å². The number of benzene rings is 1. The Morgan fingerprint density at radius 2 is 2.02 bits per heavy atom. The molecule has 3 heterocycles. The highest BCUT2D eigenvalue weighted by Gasteiger charge is 2.77. The van der Waals surface area contributed by atoms with Gasteiger partial charge in [0.2, 0.25) is 11.8 Å². The fourth-order valence-electron chi connectivity index (χ4n) is 7.22. The number of amides is 3. The Morgan fingerprint density at radius 1 is 1.30 bits per heavy atom. The van der Waals surface area contributed by atoms with Gasteiger partial charge in [0.1, 0.15) is 17.7 Å². The van der Waals surface area contributed by atoms with Gasteiger partial charge < -0.3 is 29.7 Å². The molecule has 12 heteroatoms. The molecule has 0 saturated carbocycles. The van der Waals surface area contributed by atoms with E-state index in [1.54, 1.807) is 31.2 Å². The fraction of sp³-hybridized carbons (Fsp3) is 0.588. The predicted octanol–water partition coefficient (Wildman–Crippen LogP) is 4.34. The van der Waals surface area contributed by atoms with E-state index in [2.05, 4.69) is 34.4 Å². The third kappa shape index (κ3) is 6.53. The summed E-state index contributed by atoms with van der Waals surface area (Å²) in [7, 11) is 0. The van der Waals surface area contributed by atoms with Crippen LogP contribution in [-0.4, -0.2) is 88.1 Å². The highest BCUT2D eigenvalue weighted by molar-refractivity contribution is 9.09. The Hall–Kier alpha value is -2.73. The molecule has 1 aromatic carbocycles. The van der Waals surface area contributed by atoms with E-state index >= 15 is 0 Å². The first-order valence-electron chi connectivity index (χ1n) is 15.9. The summed E-state index contributed by atoms with van der Waals surface area (Å²) in [4.78, 5) is 58.1. The van der Waals surface area contributed by atoms with Gasteiger partial charge in [-0.2, -0.15) is 0 Å². The number of hydrogen-bond donors (Lipinski definition) is 2. The van der Waals surface area contributed by atoms with Crippen molar-refractivity contribution >= 4 is 56.9 Å². The number of ether oxygens (including phenoxy) is 2. The summed E-state index contributed by atoms with van der Waals surface area (Å²) in [5.41, 5.74) is -0.113. The fourth-order valence-corrected chi connectivity index (χ4v) is 8.49. The summed E-state index contributed by atoms with van der Waals surface area (Å²) in [6, 6.07) is 3.48. The van der Waals surface area contributed by atoms with Gasteiger partial charge in [0.05, 0.1) is 47.8 Å². The molecule has 3 amide bonds. The lowest BCUT2D eigenvalue weighted by Crippen LogP contribution is -2.60. The maximum absolute atomic E-state index is 14.9. The van der Waals surface area contributed by atoms with E-state index in [-0.39, 0.29) is 42.8 Å². The summed E-state index contributed by atoms with van der Waals surface area (Å²) in [6.45, 7) is 14.7. The molecule has 1 aromatic rings. The minimum Gasteiger partial charge on any atom is -0.460 e. The van der Waals surface area contributed by atoms with E-state index in [1.807, 2.05) is 26.8 Å². The zero-order chi connectivity index (χ0) is 33.9. The number of fused-ring (bicyclic) bond motifs is 1. The van der Waals surface area contributed by atoms with Crippen molar-refractivity contribution in [2.45, 2.75) is 88.1 Å².